The molecule has 1 aliphatic rings. The van der Waals surface area contributed by atoms with Gasteiger partial charge in [-0.25, -0.2) is 0 Å². The molecule has 1 heterocycles. The molecule has 98 valence electrons. The van der Waals surface area contributed by atoms with Crippen LogP contribution in [0, 0.1) is 6.92 Å². The van der Waals surface area contributed by atoms with Gasteiger partial charge in [-0.15, -0.1) is 0 Å². The molecule has 0 atom stereocenters. The van der Waals surface area contributed by atoms with Crippen molar-refractivity contribution in [1.29, 1.82) is 0 Å². The van der Waals surface area contributed by atoms with Gasteiger partial charge in [-0.1, -0.05) is 15.9 Å². The molecule has 1 aromatic rings. The largest absolute Gasteiger partial charge is 0.368 e. The second-order valence-corrected chi connectivity index (χ2v) is 5.36. The molecule has 0 unspecified atom stereocenters. The molecule has 2 rings (SSSR count). The molecule has 4 nitrogen and oxygen atoms in total. The van der Waals surface area contributed by atoms with Gasteiger partial charge >= 0.3 is 0 Å². The van der Waals surface area contributed by atoms with E-state index in [4.69, 9.17) is 5.73 Å². The predicted molar refractivity (Wildman–Crippen MR) is 76.7 cm³/mol. The molecule has 18 heavy (non-hydrogen) atoms. The van der Waals surface area contributed by atoms with Gasteiger partial charge in [0.05, 0.1) is 6.54 Å². The van der Waals surface area contributed by atoms with Crippen molar-refractivity contribution in [1.82, 2.24) is 4.90 Å². The maximum absolute atomic E-state index is 11.5. The number of hydrogen-bond donors (Lipinski definition) is 1. The van der Waals surface area contributed by atoms with Crippen LogP contribution in [0.15, 0.2) is 22.7 Å². The molecule has 0 bridgehead atoms. The maximum atomic E-state index is 11.5. The monoisotopic (exact) mass is 311 g/mol. The first-order valence-electron chi connectivity index (χ1n) is 6.11. The van der Waals surface area contributed by atoms with E-state index in [1.807, 2.05) is 4.90 Å². The summed E-state index contributed by atoms with van der Waals surface area (Å²) in [5, 5.41) is 0. The number of rotatable bonds is 2. The van der Waals surface area contributed by atoms with Crippen LogP contribution in [0.2, 0.25) is 0 Å². The van der Waals surface area contributed by atoms with Crippen LogP contribution in [0.1, 0.15) is 5.56 Å². The Morgan fingerprint density at radius 1 is 1.33 bits per heavy atom. The molecule has 1 saturated heterocycles. The minimum Gasteiger partial charge on any atom is -0.368 e. The Kier molecular flexibility index (Phi) is 4.24. The smallest absolute Gasteiger partial charge is 0.236 e. The summed E-state index contributed by atoms with van der Waals surface area (Å²) in [5.41, 5.74) is 7.82. The molecular formula is C13H18BrN3O. The number of carbonyl (C=O) groups excluding carboxylic acids is 1. The van der Waals surface area contributed by atoms with Crippen LogP contribution in [0.3, 0.4) is 0 Å². The van der Waals surface area contributed by atoms with E-state index in [2.05, 4.69) is 46.0 Å². The molecule has 1 aliphatic heterocycles. The van der Waals surface area contributed by atoms with Gasteiger partial charge in [0.25, 0.3) is 0 Å². The molecular weight excluding hydrogens is 294 g/mol. The van der Waals surface area contributed by atoms with Gasteiger partial charge in [-0.05, 0) is 30.7 Å². The number of amides is 1. The second-order valence-electron chi connectivity index (χ2n) is 4.51. The van der Waals surface area contributed by atoms with Gasteiger partial charge < -0.3 is 15.5 Å². The van der Waals surface area contributed by atoms with Crippen molar-refractivity contribution in [2.45, 2.75) is 6.92 Å². The number of aryl methyl sites for hydroxylation is 1. The lowest BCUT2D eigenvalue weighted by atomic mass is 10.2. The molecule has 0 radical (unpaired) electrons. The van der Waals surface area contributed by atoms with Crippen molar-refractivity contribution in [2.75, 3.05) is 37.6 Å². The first-order chi connectivity index (χ1) is 8.61. The maximum Gasteiger partial charge on any atom is 0.236 e. The van der Waals surface area contributed by atoms with E-state index in [-0.39, 0.29) is 12.5 Å². The van der Waals surface area contributed by atoms with Crippen LogP contribution in [0.25, 0.3) is 0 Å². The van der Waals surface area contributed by atoms with Gasteiger partial charge in [0.1, 0.15) is 0 Å². The quantitative estimate of drug-likeness (QED) is 0.897. The topological polar surface area (TPSA) is 49.6 Å². The van der Waals surface area contributed by atoms with Crippen LogP contribution in [0.5, 0.6) is 0 Å². The van der Waals surface area contributed by atoms with Crippen LogP contribution >= 0.6 is 15.9 Å². The summed E-state index contributed by atoms with van der Waals surface area (Å²) in [6.45, 7) is 5.44. The highest BCUT2D eigenvalue weighted by Gasteiger charge is 2.20. The summed E-state index contributed by atoms with van der Waals surface area (Å²) in [7, 11) is 0. The Labute approximate surface area is 116 Å². The van der Waals surface area contributed by atoms with Crippen molar-refractivity contribution in [3.05, 3.63) is 28.2 Å². The van der Waals surface area contributed by atoms with E-state index >= 15 is 0 Å². The van der Waals surface area contributed by atoms with E-state index in [9.17, 15) is 4.79 Å². The van der Waals surface area contributed by atoms with Crippen molar-refractivity contribution in [3.8, 4) is 0 Å². The number of halogens is 1. The zero-order valence-electron chi connectivity index (χ0n) is 10.5. The fourth-order valence-corrected chi connectivity index (χ4v) is 2.42. The first-order valence-corrected chi connectivity index (χ1v) is 6.90. The molecule has 1 fully saturated rings. The lowest BCUT2D eigenvalue weighted by Gasteiger charge is -2.36. The number of hydrogen-bond acceptors (Lipinski definition) is 3. The number of anilines is 1. The van der Waals surface area contributed by atoms with Gasteiger partial charge in [-0.2, -0.15) is 0 Å². The summed E-state index contributed by atoms with van der Waals surface area (Å²) in [5.74, 6) is 0.0432. The Morgan fingerprint density at radius 2 is 2.00 bits per heavy atom. The van der Waals surface area contributed by atoms with Crippen LogP contribution in [-0.2, 0) is 4.79 Å². The molecule has 1 amide bonds. The first kappa shape index (κ1) is 13.4. The molecule has 1 aromatic carbocycles. The van der Waals surface area contributed by atoms with E-state index < -0.39 is 0 Å². The third-order valence-electron chi connectivity index (χ3n) is 3.31. The van der Waals surface area contributed by atoms with Crippen molar-refractivity contribution < 1.29 is 4.79 Å². The van der Waals surface area contributed by atoms with E-state index in [1.54, 1.807) is 0 Å². The lowest BCUT2D eigenvalue weighted by Crippen LogP contribution is -2.50. The van der Waals surface area contributed by atoms with Crippen LogP contribution in [-0.4, -0.2) is 43.5 Å². The highest BCUT2D eigenvalue weighted by Crippen LogP contribution is 2.23. The Balaban J connectivity index is 2.01. The summed E-state index contributed by atoms with van der Waals surface area (Å²) >= 11 is 3.51. The molecule has 0 aliphatic carbocycles. The van der Waals surface area contributed by atoms with Crippen molar-refractivity contribution >= 4 is 27.5 Å². The zero-order chi connectivity index (χ0) is 13.1. The highest BCUT2D eigenvalue weighted by atomic mass is 79.9. The Bertz CT molecular complexity index is 442. The number of benzene rings is 1. The van der Waals surface area contributed by atoms with E-state index in [1.165, 1.54) is 11.3 Å². The van der Waals surface area contributed by atoms with Gasteiger partial charge in [-0.3, -0.25) is 4.79 Å². The fraction of sp³-hybridized carbons (Fsp3) is 0.462. The lowest BCUT2D eigenvalue weighted by molar-refractivity contribution is -0.129. The van der Waals surface area contributed by atoms with E-state index in [0.29, 0.717) is 0 Å². The third-order valence-corrected chi connectivity index (χ3v) is 4.20. The summed E-state index contributed by atoms with van der Waals surface area (Å²) in [4.78, 5) is 15.6. The number of carbonyl (C=O) groups is 1. The SMILES string of the molecule is Cc1cc(N2CCN(C(=O)CN)CC2)ccc1Br. The fourth-order valence-electron chi connectivity index (χ4n) is 2.17. The minimum atomic E-state index is 0.0432. The van der Waals surface area contributed by atoms with Crippen molar-refractivity contribution in [2.24, 2.45) is 5.73 Å². The molecule has 0 saturated carbocycles. The predicted octanol–water partition coefficient (Wildman–Crippen LogP) is 1.36. The Morgan fingerprint density at radius 3 is 2.56 bits per heavy atom. The number of nitrogens with zero attached hydrogens (tertiary/aromatic N) is 2. The second kappa shape index (κ2) is 5.71. The summed E-state index contributed by atoms with van der Waals surface area (Å²) in [6.07, 6.45) is 0. The average molecular weight is 312 g/mol. The summed E-state index contributed by atoms with van der Waals surface area (Å²) in [6, 6.07) is 6.35. The Hall–Kier alpha value is -1.07. The number of piperazine rings is 1. The summed E-state index contributed by atoms with van der Waals surface area (Å²) < 4.78 is 1.13. The van der Waals surface area contributed by atoms with Gasteiger partial charge in [0.15, 0.2) is 0 Å². The van der Waals surface area contributed by atoms with Gasteiger partial charge in [0.2, 0.25) is 5.91 Å². The molecule has 2 N–H and O–H groups in total. The average Bonchev–Trinajstić information content (AvgIpc) is 2.41. The van der Waals surface area contributed by atoms with Crippen LogP contribution in [0.4, 0.5) is 5.69 Å². The third kappa shape index (κ3) is 2.84. The zero-order valence-corrected chi connectivity index (χ0v) is 12.1. The minimum absolute atomic E-state index is 0.0432. The normalized spacial score (nSPS) is 15.9. The highest BCUT2D eigenvalue weighted by molar-refractivity contribution is 9.10. The van der Waals surface area contributed by atoms with Gasteiger partial charge in [0, 0.05) is 36.3 Å². The number of nitrogens with two attached hydrogens (primary N) is 1. The standard InChI is InChI=1S/C13H18BrN3O/c1-10-8-11(2-3-12(10)14)16-4-6-17(7-5-16)13(18)9-15/h2-3,8H,4-7,9,15H2,1H3. The van der Waals surface area contributed by atoms with E-state index in [0.717, 1.165) is 30.7 Å². The molecule has 5 heteroatoms. The molecule has 0 spiro atoms. The molecule has 0 aromatic heterocycles. The van der Waals surface area contributed by atoms with Crippen molar-refractivity contribution in [3.63, 3.8) is 0 Å². The van der Waals surface area contributed by atoms with Crippen LogP contribution < -0.4 is 10.6 Å².